The van der Waals surface area contributed by atoms with E-state index in [1.807, 2.05) is 4.90 Å². The first-order valence-corrected chi connectivity index (χ1v) is 7.90. The van der Waals surface area contributed by atoms with Gasteiger partial charge in [0.25, 0.3) is 11.6 Å². The Bertz CT molecular complexity index is 702. The molecular weight excluding hydrogens is 298 g/mol. The minimum absolute atomic E-state index is 0.0109. The second kappa shape index (κ2) is 5.33. The molecule has 0 aromatic heterocycles. The van der Waals surface area contributed by atoms with Crippen molar-refractivity contribution in [3.8, 4) is 0 Å². The van der Waals surface area contributed by atoms with Crippen LogP contribution in [0.25, 0.3) is 0 Å². The van der Waals surface area contributed by atoms with Crippen molar-refractivity contribution in [1.29, 1.82) is 0 Å². The molecule has 2 fully saturated rings. The minimum atomic E-state index is -0.649. The van der Waals surface area contributed by atoms with Crippen LogP contribution >= 0.6 is 0 Å². The highest BCUT2D eigenvalue weighted by atomic mass is 16.6. The lowest BCUT2D eigenvalue weighted by Gasteiger charge is -2.28. The normalized spacial score (nSPS) is 28.6. The number of fused-ring (bicyclic) bond motifs is 2. The van der Waals surface area contributed by atoms with Crippen molar-refractivity contribution in [2.45, 2.75) is 37.8 Å². The van der Waals surface area contributed by atoms with Crippen LogP contribution in [0.4, 0.5) is 5.69 Å². The molecule has 23 heavy (non-hydrogen) atoms. The third-order valence-corrected chi connectivity index (χ3v) is 5.05. The molecule has 3 aliphatic rings. The molecule has 0 unspecified atom stereocenters. The van der Waals surface area contributed by atoms with Gasteiger partial charge in [0, 0.05) is 25.1 Å². The SMILES string of the molecule is O=C([C@@H]1CC(c2ccccc2[N+](=O)[O-])=NO1)N1C[C@H]2CC[C@H]1C2. The number of nitro benzene ring substituents is 1. The lowest BCUT2D eigenvalue weighted by Crippen LogP contribution is -2.43. The summed E-state index contributed by atoms with van der Waals surface area (Å²) < 4.78 is 0. The van der Waals surface area contributed by atoms with Crippen molar-refractivity contribution in [2.75, 3.05) is 6.54 Å². The van der Waals surface area contributed by atoms with Crippen LogP contribution < -0.4 is 0 Å². The molecule has 4 rings (SSSR count). The number of likely N-dealkylation sites (tertiary alicyclic amines) is 1. The summed E-state index contributed by atoms with van der Waals surface area (Å²) in [5.41, 5.74) is 0.888. The monoisotopic (exact) mass is 315 g/mol. The number of rotatable bonds is 3. The molecule has 1 aromatic rings. The Balaban J connectivity index is 1.49. The van der Waals surface area contributed by atoms with Crippen molar-refractivity contribution >= 4 is 17.3 Å². The molecule has 2 bridgehead atoms. The van der Waals surface area contributed by atoms with Gasteiger partial charge in [-0.2, -0.15) is 0 Å². The summed E-state index contributed by atoms with van der Waals surface area (Å²) in [6.07, 6.45) is 3.01. The second-order valence-corrected chi connectivity index (χ2v) is 6.43. The molecule has 2 heterocycles. The molecule has 1 amide bonds. The Morgan fingerprint density at radius 2 is 2.17 bits per heavy atom. The number of carbonyl (C=O) groups is 1. The quantitative estimate of drug-likeness (QED) is 0.631. The van der Waals surface area contributed by atoms with Gasteiger partial charge in [0.2, 0.25) is 6.10 Å². The van der Waals surface area contributed by atoms with Crippen molar-refractivity contribution in [3.63, 3.8) is 0 Å². The fourth-order valence-electron chi connectivity index (χ4n) is 3.93. The Morgan fingerprint density at radius 3 is 2.87 bits per heavy atom. The third-order valence-electron chi connectivity index (χ3n) is 5.05. The molecule has 1 aliphatic carbocycles. The minimum Gasteiger partial charge on any atom is -0.382 e. The first-order chi connectivity index (χ1) is 11.1. The number of carbonyl (C=O) groups excluding carboxylic acids is 1. The largest absolute Gasteiger partial charge is 0.382 e. The number of hydrogen-bond acceptors (Lipinski definition) is 5. The van der Waals surface area contributed by atoms with E-state index >= 15 is 0 Å². The summed E-state index contributed by atoms with van der Waals surface area (Å²) in [6, 6.07) is 6.75. The molecule has 0 spiro atoms. The number of oxime groups is 1. The molecule has 1 aromatic carbocycles. The predicted octanol–water partition coefficient (Wildman–Crippen LogP) is 2.10. The Hall–Kier alpha value is -2.44. The fourth-order valence-corrected chi connectivity index (χ4v) is 3.93. The van der Waals surface area contributed by atoms with E-state index in [-0.39, 0.29) is 18.0 Å². The first-order valence-electron chi connectivity index (χ1n) is 7.90. The number of para-hydroxylation sites is 1. The second-order valence-electron chi connectivity index (χ2n) is 6.43. The Kier molecular flexibility index (Phi) is 3.28. The molecule has 120 valence electrons. The van der Waals surface area contributed by atoms with Gasteiger partial charge >= 0.3 is 0 Å². The highest BCUT2D eigenvalue weighted by molar-refractivity contribution is 6.06. The fraction of sp³-hybridized carbons (Fsp3) is 0.500. The van der Waals surface area contributed by atoms with Gasteiger partial charge in [-0.15, -0.1) is 0 Å². The number of nitro groups is 1. The van der Waals surface area contributed by atoms with E-state index in [0.29, 0.717) is 23.2 Å². The molecule has 7 heteroatoms. The number of hydrogen-bond donors (Lipinski definition) is 0. The van der Waals surface area contributed by atoms with Crippen molar-refractivity contribution < 1.29 is 14.6 Å². The topological polar surface area (TPSA) is 85.0 Å². The first kappa shape index (κ1) is 14.2. The Labute approximate surface area is 133 Å². The molecule has 1 saturated carbocycles. The standard InChI is InChI=1S/C16H17N3O4/c20-16(18-9-10-5-6-11(18)7-10)15-8-13(17-23-15)12-3-1-2-4-14(12)19(21)22/h1-4,10-11,15H,5-9H2/t10-,11-,15-/m0/s1. The molecule has 7 nitrogen and oxygen atoms in total. The van der Waals surface area contributed by atoms with Gasteiger partial charge in [0.1, 0.15) is 0 Å². The summed E-state index contributed by atoms with van der Waals surface area (Å²) >= 11 is 0. The molecule has 0 radical (unpaired) electrons. The zero-order chi connectivity index (χ0) is 16.0. The van der Waals surface area contributed by atoms with E-state index in [9.17, 15) is 14.9 Å². The van der Waals surface area contributed by atoms with Gasteiger partial charge in [-0.3, -0.25) is 14.9 Å². The number of benzene rings is 1. The lowest BCUT2D eigenvalue weighted by atomic mass is 10.0. The maximum absolute atomic E-state index is 12.6. The van der Waals surface area contributed by atoms with Crippen molar-refractivity contribution in [1.82, 2.24) is 4.90 Å². The van der Waals surface area contributed by atoms with Crippen LogP contribution in [-0.2, 0) is 9.63 Å². The highest BCUT2D eigenvalue weighted by Gasteiger charge is 2.44. The van der Waals surface area contributed by atoms with E-state index in [2.05, 4.69) is 5.16 Å². The van der Waals surface area contributed by atoms with Gasteiger partial charge in [-0.05, 0) is 31.2 Å². The summed E-state index contributed by atoms with van der Waals surface area (Å²) in [5, 5.41) is 15.1. The summed E-state index contributed by atoms with van der Waals surface area (Å²) in [4.78, 5) is 30.5. The zero-order valence-electron chi connectivity index (χ0n) is 12.6. The van der Waals surface area contributed by atoms with Gasteiger partial charge in [0.05, 0.1) is 16.2 Å². The van der Waals surface area contributed by atoms with Crippen LogP contribution in [-0.4, -0.2) is 40.1 Å². The average molecular weight is 315 g/mol. The van der Waals surface area contributed by atoms with Crippen molar-refractivity contribution in [3.05, 3.63) is 39.9 Å². The van der Waals surface area contributed by atoms with Gasteiger partial charge in [-0.25, -0.2) is 0 Å². The maximum atomic E-state index is 12.6. The number of nitrogens with zero attached hydrogens (tertiary/aromatic N) is 3. The van der Waals surface area contributed by atoms with Crippen LogP contribution in [0.1, 0.15) is 31.2 Å². The molecule has 1 saturated heterocycles. The van der Waals surface area contributed by atoms with Gasteiger partial charge in [0.15, 0.2) is 0 Å². The van der Waals surface area contributed by atoms with Crippen molar-refractivity contribution in [2.24, 2.45) is 11.1 Å². The zero-order valence-corrected chi connectivity index (χ0v) is 12.6. The van der Waals surface area contributed by atoms with Crippen LogP contribution in [0, 0.1) is 16.0 Å². The van der Waals surface area contributed by atoms with E-state index in [0.717, 1.165) is 19.4 Å². The number of piperidine rings is 1. The lowest BCUT2D eigenvalue weighted by molar-refractivity contribution is -0.385. The maximum Gasteiger partial charge on any atom is 0.278 e. The Morgan fingerprint density at radius 1 is 1.35 bits per heavy atom. The molecule has 2 aliphatic heterocycles. The van der Waals surface area contributed by atoms with Crippen LogP contribution in [0.3, 0.4) is 0 Å². The van der Waals surface area contributed by atoms with Gasteiger partial charge < -0.3 is 9.74 Å². The molecule has 0 N–H and O–H groups in total. The molecule has 3 atom stereocenters. The van der Waals surface area contributed by atoms with E-state index in [1.165, 1.54) is 12.5 Å². The van der Waals surface area contributed by atoms with Gasteiger partial charge in [-0.1, -0.05) is 17.3 Å². The molecular formula is C16H17N3O4. The highest BCUT2D eigenvalue weighted by Crippen LogP contribution is 2.38. The van der Waals surface area contributed by atoms with Crippen LogP contribution in [0.15, 0.2) is 29.4 Å². The number of amides is 1. The third kappa shape index (κ3) is 2.36. The van der Waals surface area contributed by atoms with E-state index < -0.39 is 11.0 Å². The summed E-state index contributed by atoms with van der Waals surface area (Å²) in [5.74, 6) is 0.593. The summed E-state index contributed by atoms with van der Waals surface area (Å²) in [6.45, 7) is 0.810. The smallest absolute Gasteiger partial charge is 0.278 e. The van der Waals surface area contributed by atoms with Crippen LogP contribution in [0.5, 0.6) is 0 Å². The average Bonchev–Trinajstić information content (AvgIpc) is 3.30. The van der Waals surface area contributed by atoms with E-state index in [4.69, 9.17) is 4.84 Å². The van der Waals surface area contributed by atoms with E-state index in [1.54, 1.807) is 18.2 Å². The predicted molar refractivity (Wildman–Crippen MR) is 82.0 cm³/mol. The summed E-state index contributed by atoms with van der Waals surface area (Å²) in [7, 11) is 0. The van der Waals surface area contributed by atoms with Crippen LogP contribution in [0.2, 0.25) is 0 Å².